The minimum Gasteiger partial charge on any atom is -0.497 e. The molecule has 1 heterocycles. The first-order valence-electron chi connectivity index (χ1n) is 7.06. The number of carbonyl (C=O) groups is 1. The highest BCUT2D eigenvalue weighted by Gasteiger charge is 2.33. The summed E-state index contributed by atoms with van der Waals surface area (Å²) in [6.45, 7) is 0. The van der Waals surface area contributed by atoms with E-state index in [-0.39, 0.29) is 11.9 Å². The second-order valence-electron chi connectivity index (χ2n) is 5.41. The van der Waals surface area contributed by atoms with Crippen LogP contribution in [0.25, 0.3) is 0 Å². The van der Waals surface area contributed by atoms with Gasteiger partial charge in [0.05, 0.1) is 13.2 Å². The van der Waals surface area contributed by atoms with Gasteiger partial charge in [0.15, 0.2) is 0 Å². The zero-order valence-corrected chi connectivity index (χ0v) is 11.9. The predicted octanol–water partition coefficient (Wildman–Crippen LogP) is 2.49. The van der Waals surface area contributed by atoms with Gasteiger partial charge in [-0.25, -0.2) is 0 Å². The van der Waals surface area contributed by atoms with E-state index in [0.29, 0.717) is 17.3 Å². The van der Waals surface area contributed by atoms with Crippen LogP contribution in [0.1, 0.15) is 34.9 Å². The molecule has 1 atom stereocenters. The first kappa shape index (κ1) is 13.5. The number of H-pyrrole nitrogens is 1. The summed E-state index contributed by atoms with van der Waals surface area (Å²) in [6.07, 6.45) is 3.90. The number of aromatic nitrogens is 1. The molecule has 21 heavy (non-hydrogen) atoms. The molecule has 5 nitrogen and oxygen atoms in total. The van der Waals surface area contributed by atoms with Crippen molar-refractivity contribution in [2.45, 2.75) is 18.9 Å². The number of anilines is 1. The highest BCUT2D eigenvalue weighted by molar-refractivity contribution is 5.93. The largest absolute Gasteiger partial charge is 0.497 e. The molecule has 5 heteroatoms. The molecule has 4 N–H and O–H groups in total. The summed E-state index contributed by atoms with van der Waals surface area (Å²) in [5, 5.41) is 3.10. The number of methoxy groups -OCH3 is 1. The van der Waals surface area contributed by atoms with Gasteiger partial charge in [0.1, 0.15) is 11.4 Å². The van der Waals surface area contributed by atoms with Gasteiger partial charge in [0.25, 0.3) is 5.91 Å². The first-order valence-corrected chi connectivity index (χ1v) is 7.06. The minimum absolute atomic E-state index is 0.0351. The number of ether oxygens (including phenoxy) is 1. The molecule has 3 rings (SSSR count). The Hall–Kier alpha value is -2.43. The van der Waals surface area contributed by atoms with Crippen molar-refractivity contribution in [3.63, 3.8) is 0 Å². The van der Waals surface area contributed by atoms with E-state index in [9.17, 15) is 4.79 Å². The molecule has 1 unspecified atom stereocenters. The molecule has 2 aromatic rings. The summed E-state index contributed by atoms with van der Waals surface area (Å²) < 4.78 is 5.17. The SMILES string of the molecule is COc1ccc(C(NC(=O)c2cc(N)c[nH]2)C2CC2)cc1. The van der Waals surface area contributed by atoms with Crippen LogP contribution in [-0.4, -0.2) is 18.0 Å². The second kappa shape index (κ2) is 5.52. The number of aromatic amines is 1. The Kier molecular flexibility index (Phi) is 3.56. The maximum atomic E-state index is 12.3. The first-order chi connectivity index (χ1) is 10.2. The Morgan fingerprint density at radius 2 is 2.10 bits per heavy atom. The van der Waals surface area contributed by atoms with Crippen molar-refractivity contribution in [3.8, 4) is 5.75 Å². The fourth-order valence-electron chi connectivity index (χ4n) is 2.48. The number of amides is 1. The molecule has 0 saturated heterocycles. The molecule has 0 radical (unpaired) electrons. The van der Waals surface area contributed by atoms with Crippen LogP contribution in [0.4, 0.5) is 5.69 Å². The van der Waals surface area contributed by atoms with Crippen molar-refractivity contribution in [3.05, 3.63) is 47.8 Å². The van der Waals surface area contributed by atoms with Gasteiger partial charge in [-0.15, -0.1) is 0 Å². The van der Waals surface area contributed by atoms with Crippen LogP contribution in [0.15, 0.2) is 36.5 Å². The van der Waals surface area contributed by atoms with Crippen molar-refractivity contribution < 1.29 is 9.53 Å². The summed E-state index contributed by atoms with van der Waals surface area (Å²) in [7, 11) is 1.64. The van der Waals surface area contributed by atoms with E-state index in [0.717, 1.165) is 24.2 Å². The Morgan fingerprint density at radius 1 is 1.38 bits per heavy atom. The number of nitrogens with two attached hydrogens (primary N) is 1. The van der Waals surface area contributed by atoms with Gasteiger partial charge in [-0.05, 0) is 42.5 Å². The summed E-state index contributed by atoms with van der Waals surface area (Å²) in [6, 6.07) is 9.53. The Morgan fingerprint density at radius 3 is 2.62 bits per heavy atom. The molecule has 1 aliphatic carbocycles. The third-order valence-corrected chi connectivity index (χ3v) is 3.80. The second-order valence-corrected chi connectivity index (χ2v) is 5.41. The quantitative estimate of drug-likeness (QED) is 0.789. The molecular weight excluding hydrogens is 266 g/mol. The molecule has 0 bridgehead atoms. The smallest absolute Gasteiger partial charge is 0.268 e. The summed E-state index contributed by atoms with van der Waals surface area (Å²) in [4.78, 5) is 15.2. The van der Waals surface area contributed by atoms with E-state index in [2.05, 4.69) is 10.3 Å². The van der Waals surface area contributed by atoms with E-state index < -0.39 is 0 Å². The zero-order valence-electron chi connectivity index (χ0n) is 11.9. The van der Waals surface area contributed by atoms with Gasteiger partial charge in [-0.2, -0.15) is 0 Å². The topological polar surface area (TPSA) is 80.1 Å². The normalized spacial score (nSPS) is 15.5. The average molecular weight is 285 g/mol. The molecule has 1 aromatic heterocycles. The van der Waals surface area contributed by atoms with E-state index in [1.807, 2.05) is 24.3 Å². The Labute approximate surface area is 123 Å². The molecule has 1 amide bonds. The van der Waals surface area contributed by atoms with E-state index in [1.165, 1.54) is 0 Å². The lowest BCUT2D eigenvalue weighted by Gasteiger charge is -2.18. The van der Waals surface area contributed by atoms with Gasteiger partial charge < -0.3 is 20.8 Å². The molecule has 110 valence electrons. The number of benzene rings is 1. The summed E-state index contributed by atoms with van der Waals surface area (Å²) >= 11 is 0. The molecular formula is C16H19N3O2. The lowest BCUT2D eigenvalue weighted by molar-refractivity contribution is 0.0927. The number of nitrogen functional groups attached to an aromatic ring is 1. The van der Waals surface area contributed by atoms with Crippen molar-refractivity contribution in [1.29, 1.82) is 0 Å². The average Bonchev–Trinajstić information content (AvgIpc) is 3.25. The van der Waals surface area contributed by atoms with Crippen LogP contribution >= 0.6 is 0 Å². The zero-order chi connectivity index (χ0) is 14.8. The van der Waals surface area contributed by atoms with Gasteiger partial charge in [-0.1, -0.05) is 12.1 Å². The molecule has 0 spiro atoms. The van der Waals surface area contributed by atoms with Gasteiger partial charge >= 0.3 is 0 Å². The highest BCUT2D eigenvalue weighted by atomic mass is 16.5. The van der Waals surface area contributed by atoms with E-state index in [1.54, 1.807) is 19.4 Å². The van der Waals surface area contributed by atoms with Crippen LogP contribution in [0.5, 0.6) is 5.75 Å². The van der Waals surface area contributed by atoms with Gasteiger partial charge in [0.2, 0.25) is 0 Å². The third-order valence-electron chi connectivity index (χ3n) is 3.80. The maximum absolute atomic E-state index is 12.3. The molecule has 1 saturated carbocycles. The molecule has 0 aliphatic heterocycles. The lowest BCUT2D eigenvalue weighted by atomic mass is 10.0. The number of rotatable bonds is 5. The van der Waals surface area contributed by atoms with Crippen molar-refractivity contribution in [2.75, 3.05) is 12.8 Å². The highest BCUT2D eigenvalue weighted by Crippen LogP contribution is 2.41. The van der Waals surface area contributed by atoms with Crippen molar-refractivity contribution >= 4 is 11.6 Å². The lowest BCUT2D eigenvalue weighted by Crippen LogP contribution is -2.30. The predicted molar refractivity (Wildman–Crippen MR) is 81.1 cm³/mol. The summed E-state index contributed by atoms with van der Waals surface area (Å²) in [5.41, 5.74) is 7.80. The van der Waals surface area contributed by atoms with Crippen LogP contribution in [-0.2, 0) is 0 Å². The van der Waals surface area contributed by atoms with Crippen LogP contribution in [0, 0.1) is 5.92 Å². The minimum atomic E-state index is -0.126. The fraction of sp³-hybridized carbons (Fsp3) is 0.312. The number of hydrogen-bond donors (Lipinski definition) is 3. The maximum Gasteiger partial charge on any atom is 0.268 e. The van der Waals surface area contributed by atoms with Crippen molar-refractivity contribution in [2.24, 2.45) is 5.92 Å². The van der Waals surface area contributed by atoms with Crippen LogP contribution in [0.3, 0.4) is 0 Å². The summed E-state index contributed by atoms with van der Waals surface area (Å²) in [5.74, 6) is 1.20. The molecule has 1 fully saturated rings. The number of nitrogens with one attached hydrogen (secondary N) is 2. The molecule has 1 aliphatic rings. The fourth-order valence-corrected chi connectivity index (χ4v) is 2.48. The third kappa shape index (κ3) is 3.02. The molecule has 1 aromatic carbocycles. The number of carbonyl (C=O) groups excluding carboxylic acids is 1. The van der Waals surface area contributed by atoms with Crippen LogP contribution in [0.2, 0.25) is 0 Å². The number of hydrogen-bond acceptors (Lipinski definition) is 3. The van der Waals surface area contributed by atoms with Crippen molar-refractivity contribution in [1.82, 2.24) is 10.3 Å². The van der Waals surface area contributed by atoms with Gasteiger partial charge in [-0.3, -0.25) is 4.79 Å². The monoisotopic (exact) mass is 285 g/mol. The Balaban J connectivity index is 1.76. The van der Waals surface area contributed by atoms with Gasteiger partial charge in [0, 0.05) is 11.9 Å². The van der Waals surface area contributed by atoms with E-state index >= 15 is 0 Å². The van der Waals surface area contributed by atoms with Crippen LogP contribution < -0.4 is 15.8 Å². The van der Waals surface area contributed by atoms with E-state index in [4.69, 9.17) is 10.5 Å². The Bertz CT molecular complexity index is 629. The standard InChI is InChI=1S/C16H19N3O2/c1-21-13-6-4-11(5-7-13)15(10-2-3-10)19-16(20)14-8-12(17)9-18-14/h4-10,15,18H,2-3,17H2,1H3,(H,19,20).